The Hall–Kier alpha value is -1.92. The number of carbonyl (C=O) groups is 2. The van der Waals surface area contributed by atoms with Gasteiger partial charge in [-0.3, -0.25) is 9.59 Å². The van der Waals surface area contributed by atoms with E-state index in [-0.39, 0.29) is 5.92 Å². The second-order valence-corrected chi connectivity index (χ2v) is 3.65. The van der Waals surface area contributed by atoms with Crippen molar-refractivity contribution in [1.82, 2.24) is 0 Å². The molecule has 0 saturated heterocycles. The quantitative estimate of drug-likeness (QED) is 0.603. The van der Waals surface area contributed by atoms with Gasteiger partial charge in [-0.2, -0.15) is 0 Å². The SMILES string of the molecule is CC(=O)O.CC(=O)O.CC(c1ccccc1)C(O)O. The fraction of sp³-hybridized carbons (Fsp3) is 0.385. The lowest BCUT2D eigenvalue weighted by atomic mass is 10.0. The second kappa shape index (κ2) is 11.2. The summed E-state index contributed by atoms with van der Waals surface area (Å²) < 4.78 is 0. The van der Waals surface area contributed by atoms with Gasteiger partial charge in [-0.25, -0.2) is 0 Å². The highest BCUT2D eigenvalue weighted by molar-refractivity contribution is 5.63. The molecule has 0 aromatic heterocycles. The number of benzene rings is 1. The molecule has 0 heterocycles. The van der Waals surface area contributed by atoms with Gasteiger partial charge in [-0.05, 0) is 5.56 Å². The molecule has 0 radical (unpaired) electrons. The second-order valence-electron chi connectivity index (χ2n) is 3.65. The summed E-state index contributed by atoms with van der Waals surface area (Å²) in [5.74, 6) is -1.88. The summed E-state index contributed by atoms with van der Waals surface area (Å²) in [6.45, 7) is 3.94. The Bertz CT molecular complexity index is 341. The van der Waals surface area contributed by atoms with Crippen molar-refractivity contribution in [2.24, 2.45) is 0 Å². The van der Waals surface area contributed by atoms with Crippen molar-refractivity contribution in [2.75, 3.05) is 0 Å². The zero-order valence-corrected chi connectivity index (χ0v) is 11.1. The fourth-order valence-corrected chi connectivity index (χ4v) is 0.929. The first-order valence-electron chi connectivity index (χ1n) is 5.48. The molecule has 1 atom stereocenters. The standard InChI is InChI=1S/C9H12O2.2C2H4O2/c1-7(9(10)11)8-5-3-2-4-6-8;2*1-2(3)4/h2-7,9-11H,1H3;2*1H3,(H,3,4). The molecule has 0 aliphatic carbocycles. The van der Waals surface area contributed by atoms with E-state index in [2.05, 4.69) is 0 Å². The number of aliphatic hydroxyl groups is 2. The molecular formula is C13H20O6. The molecule has 108 valence electrons. The van der Waals surface area contributed by atoms with Gasteiger partial charge < -0.3 is 20.4 Å². The third kappa shape index (κ3) is 16.1. The van der Waals surface area contributed by atoms with E-state index < -0.39 is 18.2 Å². The van der Waals surface area contributed by atoms with Gasteiger partial charge in [0.1, 0.15) is 0 Å². The Morgan fingerprint density at radius 1 is 0.947 bits per heavy atom. The molecule has 0 aliphatic rings. The Kier molecular flexibility index (Phi) is 11.4. The number of hydrogen-bond donors (Lipinski definition) is 4. The number of rotatable bonds is 2. The maximum Gasteiger partial charge on any atom is 0.300 e. The van der Waals surface area contributed by atoms with Crippen LogP contribution in [0.4, 0.5) is 0 Å². The lowest BCUT2D eigenvalue weighted by Crippen LogP contribution is -2.13. The van der Waals surface area contributed by atoms with E-state index in [9.17, 15) is 0 Å². The summed E-state index contributed by atoms with van der Waals surface area (Å²) in [6.07, 6.45) is -1.27. The Morgan fingerprint density at radius 2 is 1.26 bits per heavy atom. The number of aliphatic carboxylic acids is 2. The molecule has 1 aromatic rings. The Balaban J connectivity index is 0. The first kappa shape index (κ1) is 19.4. The monoisotopic (exact) mass is 272 g/mol. The zero-order chi connectivity index (χ0) is 15.4. The van der Waals surface area contributed by atoms with Crippen molar-refractivity contribution in [1.29, 1.82) is 0 Å². The van der Waals surface area contributed by atoms with Crippen molar-refractivity contribution < 1.29 is 30.0 Å². The molecule has 0 aliphatic heterocycles. The van der Waals surface area contributed by atoms with E-state index in [1.54, 1.807) is 6.92 Å². The lowest BCUT2D eigenvalue weighted by Gasteiger charge is -2.12. The summed E-state index contributed by atoms with van der Waals surface area (Å²) in [7, 11) is 0. The van der Waals surface area contributed by atoms with Gasteiger partial charge in [0.2, 0.25) is 0 Å². The Morgan fingerprint density at radius 3 is 1.53 bits per heavy atom. The van der Waals surface area contributed by atoms with Gasteiger partial charge in [0, 0.05) is 19.8 Å². The minimum Gasteiger partial charge on any atom is -0.481 e. The summed E-state index contributed by atoms with van der Waals surface area (Å²) in [5, 5.41) is 32.5. The van der Waals surface area contributed by atoms with Crippen molar-refractivity contribution >= 4 is 11.9 Å². The molecule has 1 unspecified atom stereocenters. The average Bonchev–Trinajstić information content (AvgIpc) is 2.27. The first-order chi connectivity index (χ1) is 8.68. The molecule has 4 N–H and O–H groups in total. The van der Waals surface area contributed by atoms with E-state index >= 15 is 0 Å². The van der Waals surface area contributed by atoms with Crippen LogP contribution in [-0.4, -0.2) is 38.7 Å². The third-order valence-electron chi connectivity index (χ3n) is 1.77. The van der Waals surface area contributed by atoms with Crippen LogP contribution in [0.5, 0.6) is 0 Å². The number of carboxylic acid groups (broad SMARTS) is 2. The van der Waals surface area contributed by atoms with Gasteiger partial charge in [-0.1, -0.05) is 37.3 Å². The molecule has 19 heavy (non-hydrogen) atoms. The molecule has 1 aromatic carbocycles. The molecular weight excluding hydrogens is 252 g/mol. The van der Waals surface area contributed by atoms with Crippen molar-refractivity contribution in [3.8, 4) is 0 Å². The summed E-state index contributed by atoms with van der Waals surface area (Å²) in [6, 6.07) is 9.43. The fourth-order valence-electron chi connectivity index (χ4n) is 0.929. The maximum absolute atomic E-state index is 9.00. The minimum atomic E-state index is -1.27. The smallest absolute Gasteiger partial charge is 0.300 e. The minimum absolute atomic E-state index is 0.212. The van der Waals surface area contributed by atoms with Crippen molar-refractivity contribution in [2.45, 2.75) is 33.0 Å². The van der Waals surface area contributed by atoms with Crippen LogP contribution in [0.15, 0.2) is 30.3 Å². The van der Waals surface area contributed by atoms with Gasteiger partial charge in [0.25, 0.3) is 11.9 Å². The largest absolute Gasteiger partial charge is 0.481 e. The van der Waals surface area contributed by atoms with Crippen LogP contribution in [0.25, 0.3) is 0 Å². The summed E-state index contributed by atoms with van der Waals surface area (Å²) >= 11 is 0. The molecule has 0 amide bonds. The number of aliphatic hydroxyl groups excluding tert-OH is 1. The van der Waals surface area contributed by atoms with Crippen molar-refractivity contribution in [3.05, 3.63) is 35.9 Å². The summed E-state index contributed by atoms with van der Waals surface area (Å²) in [5.41, 5.74) is 0.947. The molecule has 0 spiro atoms. The van der Waals surface area contributed by atoms with Crippen LogP contribution in [-0.2, 0) is 9.59 Å². The van der Waals surface area contributed by atoms with Crippen molar-refractivity contribution in [3.63, 3.8) is 0 Å². The maximum atomic E-state index is 9.00. The first-order valence-corrected chi connectivity index (χ1v) is 5.48. The van der Waals surface area contributed by atoms with Crippen LogP contribution in [0.1, 0.15) is 32.3 Å². The molecule has 0 saturated carbocycles. The van der Waals surface area contributed by atoms with Gasteiger partial charge in [0.15, 0.2) is 6.29 Å². The third-order valence-corrected chi connectivity index (χ3v) is 1.77. The summed E-state index contributed by atoms with van der Waals surface area (Å²) in [4.78, 5) is 18.0. The molecule has 1 rings (SSSR count). The van der Waals surface area contributed by atoms with Crippen LogP contribution in [0.3, 0.4) is 0 Å². The van der Waals surface area contributed by atoms with E-state index in [0.29, 0.717) is 0 Å². The highest BCUT2D eigenvalue weighted by atomic mass is 16.5. The number of hydrogen-bond acceptors (Lipinski definition) is 4. The van der Waals surface area contributed by atoms with E-state index in [0.717, 1.165) is 19.4 Å². The average molecular weight is 272 g/mol. The van der Waals surface area contributed by atoms with Gasteiger partial charge in [-0.15, -0.1) is 0 Å². The zero-order valence-electron chi connectivity index (χ0n) is 11.1. The van der Waals surface area contributed by atoms with Crippen LogP contribution < -0.4 is 0 Å². The Labute approximate surface area is 111 Å². The highest BCUT2D eigenvalue weighted by Crippen LogP contribution is 2.16. The predicted octanol–water partition coefficient (Wildman–Crippen LogP) is 1.28. The topological polar surface area (TPSA) is 115 Å². The molecule has 6 nitrogen and oxygen atoms in total. The molecule has 0 fully saturated rings. The predicted molar refractivity (Wildman–Crippen MR) is 69.7 cm³/mol. The van der Waals surface area contributed by atoms with Crippen LogP contribution in [0, 0.1) is 0 Å². The van der Waals surface area contributed by atoms with Gasteiger partial charge in [0.05, 0.1) is 0 Å². The van der Waals surface area contributed by atoms with Gasteiger partial charge >= 0.3 is 0 Å². The van der Waals surface area contributed by atoms with E-state index in [4.69, 9.17) is 30.0 Å². The number of carboxylic acids is 2. The van der Waals surface area contributed by atoms with E-state index in [1.165, 1.54) is 0 Å². The normalized spacial score (nSPS) is 10.4. The molecule has 0 bridgehead atoms. The lowest BCUT2D eigenvalue weighted by molar-refractivity contribution is -0.135. The van der Waals surface area contributed by atoms with E-state index in [1.807, 2.05) is 30.3 Å². The van der Waals surface area contributed by atoms with Crippen LogP contribution in [0.2, 0.25) is 0 Å². The highest BCUT2D eigenvalue weighted by Gasteiger charge is 2.11. The van der Waals surface area contributed by atoms with Crippen LogP contribution >= 0.6 is 0 Å². The molecule has 6 heteroatoms.